The molecule has 0 aromatic heterocycles. The fourth-order valence-corrected chi connectivity index (χ4v) is 0.780. The summed E-state index contributed by atoms with van der Waals surface area (Å²) in [7, 11) is 0. The van der Waals surface area contributed by atoms with Gasteiger partial charge in [-0.05, 0) is 26.7 Å². The third kappa shape index (κ3) is 4.37. The molecule has 0 aliphatic heterocycles. The largest absolute Gasteiger partial charge is 0.478 e. The van der Waals surface area contributed by atoms with Crippen molar-refractivity contribution in [1.29, 1.82) is 0 Å². The molecule has 1 N–H and O–H groups in total. The summed E-state index contributed by atoms with van der Waals surface area (Å²) in [5.41, 5.74) is 0.489. The van der Waals surface area contributed by atoms with Crippen molar-refractivity contribution in [1.82, 2.24) is 0 Å². The van der Waals surface area contributed by atoms with Crippen molar-refractivity contribution in [3.63, 3.8) is 0 Å². The molecule has 2 nitrogen and oxygen atoms in total. The van der Waals surface area contributed by atoms with Gasteiger partial charge < -0.3 is 5.11 Å². The van der Waals surface area contributed by atoms with Crippen molar-refractivity contribution in [3.8, 4) is 0 Å². The van der Waals surface area contributed by atoms with Crippen molar-refractivity contribution in [2.45, 2.75) is 26.7 Å². The van der Waals surface area contributed by atoms with Crippen LogP contribution in [0.1, 0.15) is 26.7 Å². The van der Waals surface area contributed by atoms with Gasteiger partial charge in [0, 0.05) is 5.57 Å². The van der Waals surface area contributed by atoms with E-state index >= 15 is 0 Å². The van der Waals surface area contributed by atoms with E-state index in [1.54, 1.807) is 13.0 Å². The lowest BCUT2D eigenvalue weighted by atomic mass is 10.1. The molecule has 0 aliphatic carbocycles. The van der Waals surface area contributed by atoms with Gasteiger partial charge in [-0.25, -0.2) is 4.79 Å². The van der Waals surface area contributed by atoms with Gasteiger partial charge >= 0.3 is 5.97 Å². The molecule has 0 aromatic rings. The number of hydrogen-bond acceptors (Lipinski definition) is 1. The van der Waals surface area contributed by atoms with Gasteiger partial charge in [-0.1, -0.05) is 18.2 Å². The quantitative estimate of drug-likeness (QED) is 0.498. The summed E-state index contributed by atoms with van der Waals surface area (Å²) in [4.78, 5) is 10.4. The molecule has 0 heterocycles. The zero-order valence-corrected chi connectivity index (χ0v) is 7.00. The summed E-state index contributed by atoms with van der Waals surface area (Å²) >= 11 is 0. The molecule has 11 heavy (non-hydrogen) atoms. The summed E-state index contributed by atoms with van der Waals surface area (Å²) in [5, 5.41) is 8.58. The van der Waals surface area contributed by atoms with Crippen LogP contribution < -0.4 is 0 Å². The molecular weight excluding hydrogens is 140 g/mol. The normalized spacial score (nSPS) is 12.4. The van der Waals surface area contributed by atoms with Crippen LogP contribution in [0.25, 0.3) is 0 Å². The molecule has 0 atom stereocenters. The van der Waals surface area contributed by atoms with Crippen molar-refractivity contribution >= 4 is 5.97 Å². The van der Waals surface area contributed by atoms with Crippen LogP contribution in [-0.2, 0) is 4.79 Å². The lowest BCUT2D eigenvalue weighted by molar-refractivity contribution is -0.132. The molecule has 0 fully saturated rings. The number of hydrogen-bond donors (Lipinski definition) is 1. The summed E-state index contributed by atoms with van der Waals surface area (Å²) in [5.74, 6) is -0.808. The van der Waals surface area contributed by atoms with Gasteiger partial charge in [0.1, 0.15) is 0 Å². The van der Waals surface area contributed by atoms with Gasteiger partial charge in [0.25, 0.3) is 0 Å². The Morgan fingerprint density at radius 1 is 1.45 bits per heavy atom. The zero-order valence-electron chi connectivity index (χ0n) is 7.00. The van der Waals surface area contributed by atoms with E-state index in [-0.39, 0.29) is 0 Å². The summed E-state index contributed by atoms with van der Waals surface area (Å²) < 4.78 is 0. The number of carboxylic acids is 1. The van der Waals surface area contributed by atoms with E-state index in [2.05, 4.69) is 0 Å². The number of allylic oxidation sites excluding steroid dienone is 3. The number of aliphatic carboxylic acids is 1. The SMILES string of the molecule is CC=CCCC(=CC)C(=O)O. The van der Waals surface area contributed by atoms with Gasteiger partial charge in [0.2, 0.25) is 0 Å². The van der Waals surface area contributed by atoms with E-state index in [1.807, 2.05) is 19.1 Å². The van der Waals surface area contributed by atoms with Crippen molar-refractivity contribution in [2.24, 2.45) is 0 Å². The van der Waals surface area contributed by atoms with Crippen LogP contribution >= 0.6 is 0 Å². The van der Waals surface area contributed by atoms with Crippen LogP contribution in [0.15, 0.2) is 23.8 Å². The predicted octanol–water partition coefficient (Wildman–Crippen LogP) is 2.37. The van der Waals surface area contributed by atoms with Crippen LogP contribution in [0.5, 0.6) is 0 Å². The second-order valence-corrected chi connectivity index (χ2v) is 2.23. The Hall–Kier alpha value is -1.05. The van der Waals surface area contributed by atoms with Crippen molar-refractivity contribution in [2.75, 3.05) is 0 Å². The highest BCUT2D eigenvalue weighted by atomic mass is 16.4. The highest BCUT2D eigenvalue weighted by molar-refractivity contribution is 5.86. The first-order valence-electron chi connectivity index (χ1n) is 3.72. The van der Waals surface area contributed by atoms with Crippen LogP contribution in [0.3, 0.4) is 0 Å². The van der Waals surface area contributed by atoms with Gasteiger partial charge in [-0.3, -0.25) is 0 Å². The maximum absolute atomic E-state index is 10.4. The smallest absolute Gasteiger partial charge is 0.331 e. The summed E-state index contributed by atoms with van der Waals surface area (Å²) in [6.07, 6.45) is 6.96. The highest BCUT2D eigenvalue weighted by Crippen LogP contribution is 2.05. The lowest BCUT2D eigenvalue weighted by Gasteiger charge is -1.96. The van der Waals surface area contributed by atoms with Gasteiger partial charge in [0.05, 0.1) is 0 Å². The third-order valence-electron chi connectivity index (χ3n) is 1.44. The predicted molar refractivity (Wildman–Crippen MR) is 45.4 cm³/mol. The zero-order chi connectivity index (χ0) is 8.69. The maximum atomic E-state index is 10.4. The monoisotopic (exact) mass is 154 g/mol. The second kappa shape index (κ2) is 5.71. The van der Waals surface area contributed by atoms with E-state index in [4.69, 9.17) is 5.11 Å². The van der Waals surface area contributed by atoms with Gasteiger partial charge in [-0.2, -0.15) is 0 Å². The molecule has 0 rings (SSSR count). The topological polar surface area (TPSA) is 37.3 Å². The molecule has 62 valence electrons. The number of carbonyl (C=O) groups is 1. The standard InChI is InChI=1S/C9H14O2/c1-3-5-6-7-8(4-2)9(10)11/h3-5H,6-7H2,1-2H3,(H,10,11). The van der Waals surface area contributed by atoms with E-state index in [1.165, 1.54) is 0 Å². The van der Waals surface area contributed by atoms with Gasteiger partial charge in [-0.15, -0.1) is 0 Å². The minimum absolute atomic E-state index is 0.489. The molecule has 0 aliphatic rings. The van der Waals surface area contributed by atoms with E-state index in [0.29, 0.717) is 12.0 Å². The molecule has 0 unspecified atom stereocenters. The molecule has 0 spiro atoms. The Kier molecular flexibility index (Phi) is 5.17. The fraction of sp³-hybridized carbons (Fsp3) is 0.444. The average Bonchev–Trinajstić information content (AvgIpc) is 1.97. The minimum Gasteiger partial charge on any atom is -0.478 e. The molecule has 0 bridgehead atoms. The van der Waals surface area contributed by atoms with Crippen LogP contribution in [0, 0.1) is 0 Å². The Balaban J connectivity index is 3.82. The lowest BCUT2D eigenvalue weighted by Crippen LogP contribution is -1.99. The fourth-order valence-electron chi connectivity index (χ4n) is 0.780. The minimum atomic E-state index is -0.808. The van der Waals surface area contributed by atoms with Crippen molar-refractivity contribution in [3.05, 3.63) is 23.8 Å². The molecule has 0 radical (unpaired) electrons. The third-order valence-corrected chi connectivity index (χ3v) is 1.44. The van der Waals surface area contributed by atoms with E-state index < -0.39 is 5.97 Å². The van der Waals surface area contributed by atoms with Crippen LogP contribution in [0.2, 0.25) is 0 Å². The van der Waals surface area contributed by atoms with Crippen LogP contribution in [-0.4, -0.2) is 11.1 Å². The Morgan fingerprint density at radius 3 is 2.45 bits per heavy atom. The van der Waals surface area contributed by atoms with Crippen LogP contribution in [0.4, 0.5) is 0 Å². The van der Waals surface area contributed by atoms with Gasteiger partial charge in [0.15, 0.2) is 0 Å². The molecule has 0 saturated heterocycles. The average molecular weight is 154 g/mol. The Bertz CT molecular complexity index is 178. The Labute approximate surface area is 67.2 Å². The molecule has 0 saturated carbocycles. The van der Waals surface area contributed by atoms with E-state index in [9.17, 15) is 4.79 Å². The molecule has 2 heteroatoms. The second-order valence-electron chi connectivity index (χ2n) is 2.23. The first kappa shape index (κ1) is 9.95. The summed E-state index contributed by atoms with van der Waals surface area (Å²) in [6, 6.07) is 0. The Morgan fingerprint density at radius 2 is 2.09 bits per heavy atom. The maximum Gasteiger partial charge on any atom is 0.331 e. The van der Waals surface area contributed by atoms with Crippen molar-refractivity contribution < 1.29 is 9.90 Å². The first-order valence-corrected chi connectivity index (χ1v) is 3.72. The number of carboxylic acid groups (broad SMARTS) is 1. The molecular formula is C9H14O2. The first-order chi connectivity index (χ1) is 5.22. The molecule has 0 aromatic carbocycles. The highest BCUT2D eigenvalue weighted by Gasteiger charge is 2.02. The molecule has 0 amide bonds. The van der Waals surface area contributed by atoms with E-state index in [0.717, 1.165) is 6.42 Å². The summed E-state index contributed by atoms with van der Waals surface area (Å²) in [6.45, 7) is 3.68. The number of rotatable bonds is 4.